The highest BCUT2D eigenvalue weighted by Crippen LogP contribution is 2.39. The number of aryl methyl sites for hydroxylation is 1. The summed E-state index contributed by atoms with van der Waals surface area (Å²) in [5.74, 6) is 0.778. The van der Waals surface area contributed by atoms with Crippen LogP contribution in [0.2, 0.25) is 5.02 Å². The molecule has 128 valence electrons. The van der Waals surface area contributed by atoms with Crippen molar-refractivity contribution in [1.29, 1.82) is 0 Å². The molecule has 0 aliphatic heterocycles. The number of aliphatic hydroxyl groups excluding tert-OH is 1. The van der Waals surface area contributed by atoms with Gasteiger partial charge in [-0.1, -0.05) is 17.7 Å². The third-order valence-corrected chi connectivity index (χ3v) is 4.62. The lowest BCUT2D eigenvalue weighted by atomic mass is 9.97. The van der Waals surface area contributed by atoms with Gasteiger partial charge in [0.25, 0.3) is 0 Å². The largest absolute Gasteiger partial charge is 0.394 e. The quantitative estimate of drug-likeness (QED) is 0.776. The van der Waals surface area contributed by atoms with Crippen molar-refractivity contribution in [3.63, 3.8) is 0 Å². The van der Waals surface area contributed by atoms with Crippen molar-refractivity contribution in [2.24, 2.45) is 5.92 Å². The predicted molar refractivity (Wildman–Crippen MR) is 93.7 cm³/mol. The molecular weight excluding hydrogens is 328 g/mol. The van der Waals surface area contributed by atoms with Gasteiger partial charge >= 0.3 is 6.03 Å². The molecule has 1 atom stereocenters. The summed E-state index contributed by atoms with van der Waals surface area (Å²) in [4.78, 5) is 12.2. The van der Waals surface area contributed by atoms with Crippen LogP contribution in [0.15, 0.2) is 30.3 Å². The summed E-state index contributed by atoms with van der Waals surface area (Å²) in [6, 6.07) is 8.76. The first kappa shape index (κ1) is 16.8. The van der Waals surface area contributed by atoms with Gasteiger partial charge in [-0.05, 0) is 50.8 Å². The maximum absolute atomic E-state index is 12.2. The SMILES string of the molecule is Cc1cc(NC(=O)NC(C)(CO)C2CC2)nn1-c1cccc(Cl)c1. The molecular formula is C17H21ClN4O2. The lowest BCUT2D eigenvalue weighted by molar-refractivity contribution is 0.159. The van der Waals surface area contributed by atoms with Gasteiger partial charge in [-0.2, -0.15) is 0 Å². The van der Waals surface area contributed by atoms with Crippen molar-refractivity contribution in [1.82, 2.24) is 15.1 Å². The lowest BCUT2D eigenvalue weighted by Gasteiger charge is -2.28. The third-order valence-electron chi connectivity index (χ3n) is 4.39. The summed E-state index contributed by atoms with van der Waals surface area (Å²) in [6.07, 6.45) is 2.06. The van der Waals surface area contributed by atoms with Crippen molar-refractivity contribution < 1.29 is 9.90 Å². The molecule has 3 rings (SSSR count). The zero-order chi connectivity index (χ0) is 17.3. The van der Waals surface area contributed by atoms with Gasteiger partial charge in [0.15, 0.2) is 5.82 Å². The summed E-state index contributed by atoms with van der Waals surface area (Å²) < 4.78 is 1.72. The number of halogens is 1. The number of amides is 2. The molecule has 1 unspecified atom stereocenters. The van der Waals surface area contributed by atoms with E-state index in [1.165, 1.54) is 0 Å². The van der Waals surface area contributed by atoms with Gasteiger partial charge in [-0.15, -0.1) is 5.10 Å². The average molecular weight is 349 g/mol. The number of nitrogens with zero attached hydrogens (tertiary/aromatic N) is 2. The van der Waals surface area contributed by atoms with Crippen LogP contribution in [-0.4, -0.2) is 33.1 Å². The van der Waals surface area contributed by atoms with E-state index in [-0.39, 0.29) is 12.6 Å². The number of benzene rings is 1. The van der Waals surface area contributed by atoms with Gasteiger partial charge in [0, 0.05) is 16.8 Å². The molecule has 0 radical (unpaired) electrons. The second-order valence-corrected chi connectivity index (χ2v) is 6.93. The fourth-order valence-corrected chi connectivity index (χ4v) is 2.99. The molecule has 1 aromatic heterocycles. The molecule has 3 N–H and O–H groups in total. The number of urea groups is 1. The Hall–Kier alpha value is -2.05. The topological polar surface area (TPSA) is 79.2 Å². The lowest BCUT2D eigenvalue weighted by Crippen LogP contribution is -2.52. The predicted octanol–water partition coefficient (Wildman–Crippen LogP) is 3.12. The van der Waals surface area contributed by atoms with E-state index in [1.807, 2.05) is 26.0 Å². The van der Waals surface area contributed by atoms with E-state index >= 15 is 0 Å². The monoisotopic (exact) mass is 348 g/mol. The Morgan fingerprint density at radius 1 is 1.46 bits per heavy atom. The van der Waals surface area contributed by atoms with E-state index in [9.17, 15) is 9.90 Å². The number of rotatable bonds is 5. The molecule has 1 saturated carbocycles. The first-order valence-electron chi connectivity index (χ1n) is 7.94. The van der Waals surface area contributed by atoms with Gasteiger partial charge in [0.1, 0.15) is 0 Å². The summed E-state index contributed by atoms with van der Waals surface area (Å²) in [7, 11) is 0. The molecule has 6 nitrogen and oxygen atoms in total. The third kappa shape index (κ3) is 3.55. The van der Waals surface area contributed by atoms with Crippen molar-refractivity contribution in [3.05, 3.63) is 41.0 Å². The van der Waals surface area contributed by atoms with E-state index in [2.05, 4.69) is 15.7 Å². The summed E-state index contributed by atoms with van der Waals surface area (Å²) in [5.41, 5.74) is 1.11. The van der Waals surface area contributed by atoms with E-state index in [0.717, 1.165) is 24.2 Å². The zero-order valence-corrected chi connectivity index (χ0v) is 14.5. The van der Waals surface area contributed by atoms with Crippen LogP contribution in [0.5, 0.6) is 0 Å². The van der Waals surface area contributed by atoms with Gasteiger partial charge in [-0.3, -0.25) is 5.32 Å². The van der Waals surface area contributed by atoms with Crippen LogP contribution in [0.1, 0.15) is 25.5 Å². The molecule has 0 bridgehead atoms. The molecule has 1 aliphatic carbocycles. The summed E-state index contributed by atoms with van der Waals surface area (Å²) in [6.45, 7) is 3.68. The Labute approximate surface area is 145 Å². The molecule has 1 fully saturated rings. The van der Waals surface area contributed by atoms with Crippen molar-refractivity contribution in [3.8, 4) is 5.69 Å². The minimum absolute atomic E-state index is 0.0823. The molecule has 24 heavy (non-hydrogen) atoms. The summed E-state index contributed by atoms with van der Waals surface area (Å²) in [5, 5.41) is 20.2. The Morgan fingerprint density at radius 3 is 2.83 bits per heavy atom. The number of anilines is 1. The second kappa shape index (κ2) is 6.45. The number of carbonyl (C=O) groups is 1. The van der Waals surface area contributed by atoms with Crippen molar-refractivity contribution >= 4 is 23.4 Å². The Balaban J connectivity index is 1.72. The van der Waals surface area contributed by atoms with Crippen LogP contribution in [0.4, 0.5) is 10.6 Å². The zero-order valence-electron chi connectivity index (χ0n) is 13.7. The minimum Gasteiger partial charge on any atom is -0.394 e. The van der Waals surface area contributed by atoms with Crippen molar-refractivity contribution in [2.45, 2.75) is 32.2 Å². The Morgan fingerprint density at radius 2 is 2.21 bits per heavy atom. The fourth-order valence-electron chi connectivity index (χ4n) is 2.80. The number of nitrogens with one attached hydrogen (secondary N) is 2. The highest BCUT2D eigenvalue weighted by Gasteiger charge is 2.42. The van der Waals surface area contributed by atoms with Crippen LogP contribution in [0.3, 0.4) is 0 Å². The van der Waals surface area contributed by atoms with E-state index in [4.69, 9.17) is 11.6 Å². The molecule has 7 heteroatoms. The smallest absolute Gasteiger partial charge is 0.320 e. The van der Waals surface area contributed by atoms with E-state index in [0.29, 0.717) is 16.8 Å². The molecule has 2 amide bonds. The molecule has 1 aromatic carbocycles. The van der Waals surface area contributed by atoms with Crippen LogP contribution < -0.4 is 10.6 Å². The van der Waals surface area contributed by atoms with Crippen LogP contribution in [0.25, 0.3) is 5.69 Å². The normalized spacial score (nSPS) is 16.5. The number of hydrogen-bond donors (Lipinski definition) is 3. The maximum atomic E-state index is 12.2. The number of aromatic nitrogens is 2. The number of hydrogen-bond acceptors (Lipinski definition) is 3. The van der Waals surface area contributed by atoms with Crippen LogP contribution in [0, 0.1) is 12.8 Å². The van der Waals surface area contributed by atoms with Crippen molar-refractivity contribution in [2.75, 3.05) is 11.9 Å². The van der Waals surface area contributed by atoms with Gasteiger partial charge in [-0.25, -0.2) is 9.48 Å². The molecule has 2 aromatic rings. The molecule has 1 aliphatic rings. The number of aliphatic hydroxyl groups is 1. The van der Waals surface area contributed by atoms with E-state index < -0.39 is 5.54 Å². The first-order chi connectivity index (χ1) is 11.4. The van der Waals surface area contributed by atoms with Crippen LogP contribution >= 0.6 is 11.6 Å². The summed E-state index contributed by atoms with van der Waals surface area (Å²) >= 11 is 6.02. The second-order valence-electron chi connectivity index (χ2n) is 6.49. The standard InChI is InChI=1S/C17H21ClN4O2/c1-11-8-15(21-22(11)14-5-3-4-13(18)9-14)19-16(24)20-17(2,10-23)12-6-7-12/h3-5,8-9,12,23H,6-7,10H2,1-2H3,(H2,19,20,21,24). The van der Waals surface area contributed by atoms with E-state index in [1.54, 1.807) is 22.9 Å². The maximum Gasteiger partial charge on any atom is 0.320 e. The Kier molecular flexibility index (Phi) is 4.51. The fraction of sp³-hybridized carbons (Fsp3) is 0.412. The van der Waals surface area contributed by atoms with Gasteiger partial charge in [0.05, 0.1) is 17.8 Å². The Bertz CT molecular complexity index is 757. The molecule has 1 heterocycles. The first-order valence-corrected chi connectivity index (χ1v) is 8.32. The molecule has 0 spiro atoms. The van der Waals surface area contributed by atoms with Gasteiger partial charge < -0.3 is 10.4 Å². The van der Waals surface area contributed by atoms with Crippen LogP contribution in [-0.2, 0) is 0 Å². The average Bonchev–Trinajstić information content (AvgIpc) is 3.32. The number of carbonyl (C=O) groups excluding carboxylic acids is 1. The highest BCUT2D eigenvalue weighted by atomic mass is 35.5. The van der Waals surface area contributed by atoms with Gasteiger partial charge in [0.2, 0.25) is 0 Å². The highest BCUT2D eigenvalue weighted by molar-refractivity contribution is 6.30. The minimum atomic E-state index is -0.589. The molecule has 0 saturated heterocycles.